The molecule has 2 N–H and O–H groups in total. The predicted molar refractivity (Wildman–Crippen MR) is 87.3 cm³/mol. The molecule has 1 saturated heterocycles. The third kappa shape index (κ3) is 4.18. The van der Waals surface area contributed by atoms with E-state index in [1.165, 1.54) is 32.2 Å². The van der Waals surface area contributed by atoms with Crippen LogP contribution in [0.2, 0.25) is 0 Å². The largest absolute Gasteiger partial charge is 0.492 e. The molecule has 1 aromatic carbocycles. The van der Waals surface area contributed by atoms with E-state index in [2.05, 4.69) is 11.8 Å². The Morgan fingerprint density at radius 3 is 2.95 bits per heavy atom. The minimum atomic E-state index is 0.392. The van der Waals surface area contributed by atoms with Gasteiger partial charge in [-0.2, -0.15) is 0 Å². The molecule has 0 amide bonds. The molecule has 1 atom stereocenters. The van der Waals surface area contributed by atoms with Crippen molar-refractivity contribution in [1.29, 1.82) is 0 Å². The lowest BCUT2D eigenvalue weighted by atomic mass is 10.1. The van der Waals surface area contributed by atoms with Crippen molar-refractivity contribution < 1.29 is 4.74 Å². The number of para-hydroxylation sites is 1. The lowest BCUT2D eigenvalue weighted by Crippen LogP contribution is -2.36. The number of benzene rings is 1. The molecule has 2 rings (SSSR count). The molecular weight excluding hydrogens is 268 g/mol. The zero-order valence-corrected chi connectivity index (χ0v) is 13.0. The van der Waals surface area contributed by atoms with E-state index in [9.17, 15) is 0 Å². The standard InChI is InChI=1S/C16H24N2OS/c1-13-7-3-2-6-10-18(13)11-12-19-15-9-5-4-8-14(15)16(17)20/h4-5,8-9,13H,2-3,6-7,10-12H2,1H3,(H2,17,20). The number of ether oxygens (including phenoxy) is 1. The van der Waals surface area contributed by atoms with Crippen LogP contribution in [-0.4, -0.2) is 35.6 Å². The molecular formula is C16H24N2OS. The van der Waals surface area contributed by atoms with Gasteiger partial charge < -0.3 is 10.5 Å². The molecule has 0 spiro atoms. The number of thiocarbonyl (C=S) groups is 1. The molecule has 4 heteroatoms. The van der Waals surface area contributed by atoms with Crippen molar-refractivity contribution in [1.82, 2.24) is 4.90 Å². The summed E-state index contributed by atoms with van der Waals surface area (Å²) in [5.74, 6) is 0.794. The Morgan fingerprint density at radius 2 is 2.15 bits per heavy atom. The summed E-state index contributed by atoms with van der Waals surface area (Å²) in [6, 6.07) is 8.38. The highest BCUT2D eigenvalue weighted by atomic mass is 32.1. The van der Waals surface area contributed by atoms with Gasteiger partial charge in [0, 0.05) is 12.6 Å². The van der Waals surface area contributed by atoms with Crippen LogP contribution in [0.15, 0.2) is 24.3 Å². The third-order valence-corrected chi connectivity index (χ3v) is 4.20. The molecule has 0 radical (unpaired) electrons. The number of hydrogen-bond donors (Lipinski definition) is 1. The van der Waals surface area contributed by atoms with E-state index in [0.29, 0.717) is 17.6 Å². The summed E-state index contributed by atoms with van der Waals surface area (Å²) in [6.07, 6.45) is 5.30. The average molecular weight is 292 g/mol. The van der Waals surface area contributed by atoms with Gasteiger partial charge in [-0.15, -0.1) is 0 Å². The second-order valence-electron chi connectivity index (χ2n) is 5.44. The van der Waals surface area contributed by atoms with Gasteiger partial charge >= 0.3 is 0 Å². The zero-order chi connectivity index (χ0) is 14.4. The predicted octanol–water partition coefficient (Wildman–Crippen LogP) is 2.96. The molecule has 1 unspecified atom stereocenters. The molecule has 1 aliphatic heterocycles. The maximum Gasteiger partial charge on any atom is 0.129 e. The maximum absolute atomic E-state index is 5.88. The van der Waals surface area contributed by atoms with Crippen molar-refractivity contribution in [2.75, 3.05) is 19.7 Å². The van der Waals surface area contributed by atoms with E-state index in [1.54, 1.807) is 0 Å². The fourth-order valence-electron chi connectivity index (χ4n) is 2.74. The number of nitrogens with two attached hydrogens (primary N) is 1. The topological polar surface area (TPSA) is 38.5 Å². The van der Waals surface area contributed by atoms with Gasteiger partial charge in [-0.1, -0.05) is 37.2 Å². The van der Waals surface area contributed by atoms with E-state index in [4.69, 9.17) is 22.7 Å². The van der Waals surface area contributed by atoms with Crippen molar-refractivity contribution in [3.8, 4) is 5.75 Å². The van der Waals surface area contributed by atoms with Gasteiger partial charge in [-0.25, -0.2) is 0 Å². The van der Waals surface area contributed by atoms with E-state index in [0.717, 1.165) is 17.9 Å². The Balaban J connectivity index is 1.87. The van der Waals surface area contributed by atoms with Gasteiger partial charge in [-0.05, 0) is 38.4 Å². The van der Waals surface area contributed by atoms with Crippen LogP contribution in [0.1, 0.15) is 38.2 Å². The van der Waals surface area contributed by atoms with E-state index < -0.39 is 0 Å². The van der Waals surface area contributed by atoms with Gasteiger partial charge in [0.05, 0.1) is 5.56 Å². The van der Waals surface area contributed by atoms with Gasteiger partial charge in [0.15, 0.2) is 0 Å². The Bertz CT molecular complexity index is 450. The van der Waals surface area contributed by atoms with Crippen LogP contribution in [0.5, 0.6) is 5.75 Å². The first-order valence-electron chi connectivity index (χ1n) is 7.44. The van der Waals surface area contributed by atoms with Crippen molar-refractivity contribution >= 4 is 17.2 Å². The first-order valence-corrected chi connectivity index (χ1v) is 7.85. The Morgan fingerprint density at radius 1 is 1.35 bits per heavy atom. The van der Waals surface area contributed by atoms with Crippen molar-refractivity contribution in [2.45, 2.75) is 38.6 Å². The lowest BCUT2D eigenvalue weighted by Gasteiger charge is -2.26. The van der Waals surface area contributed by atoms with Crippen molar-refractivity contribution in [3.63, 3.8) is 0 Å². The molecule has 0 aromatic heterocycles. The normalized spacial score (nSPS) is 20.4. The molecule has 0 bridgehead atoms. The van der Waals surface area contributed by atoms with Crippen LogP contribution >= 0.6 is 12.2 Å². The maximum atomic E-state index is 5.88. The smallest absolute Gasteiger partial charge is 0.129 e. The molecule has 1 fully saturated rings. The molecule has 20 heavy (non-hydrogen) atoms. The van der Waals surface area contributed by atoms with Crippen molar-refractivity contribution in [2.24, 2.45) is 5.73 Å². The molecule has 3 nitrogen and oxygen atoms in total. The summed E-state index contributed by atoms with van der Waals surface area (Å²) < 4.78 is 5.88. The zero-order valence-electron chi connectivity index (χ0n) is 12.2. The highest BCUT2D eigenvalue weighted by molar-refractivity contribution is 7.80. The fraction of sp³-hybridized carbons (Fsp3) is 0.562. The number of hydrogen-bond acceptors (Lipinski definition) is 3. The monoisotopic (exact) mass is 292 g/mol. The van der Waals surface area contributed by atoms with Crippen LogP contribution in [0.25, 0.3) is 0 Å². The first-order chi connectivity index (χ1) is 9.68. The lowest BCUT2D eigenvalue weighted by molar-refractivity contribution is 0.170. The van der Waals surface area contributed by atoms with E-state index in [1.807, 2.05) is 24.3 Å². The molecule has 0 saturated carbocycles. The average Bonchev–Trinajstić information content (AvgIpc) is 2.64. The summed E-state index contributed by atoms with van der Waals surface area (Å²) in [7, 11) is 0. The molecule has 1 aliphatic rings. The van der Waals surface area contributed by atoms with Crippen LogP contribution in [0.3, 0.4) is 0 Å². The second-order valence-corrected chi connectivity index (χ2v) is 5.88. The Labute approximate surface area is 127 Å². The van der Waals surface area contributed by atoms with Crippen molar-refractivity contribution in [3.05, 3.63) is 29.8 Å². The van der Waals surface area contributed by atoms with Gasteiger partial charge in [-0.3, -0.25) is 4.90 Å². The van der Waals surface area contributed by atoms with E-state index in [-0.39, 0.29) is 0 Å². The molecule has 1 heterocycles. The van der Waals surface area contributed by atoms with Gasteiger partial charge in [0.2, 0.25) is 0 Å². The summed E-state index contributed by atoms with van der Waals surface area (Å²) in [5, 5.41) is 0. The summed E-state index contributed by atoms with van der Waals surface area (Å²) in [5.41, 5.74) is 6.54. The minimum absolute atomic E-state index is 0.392. The van der Waals surface area contributed by atoms with Crippen LogP contribution < -0.4 is 10.5 Å². The first kappa shape index (κ1) is 15.3. The van der Waals surface area contributed by atoms with Crippen LogP contribution in [0.4, 0.5) is 0 Å². The Kier molecular flexibility index (Phi) is 5.80. The summed E-state index contributed by atoms with van der Waals surface area (Å²) >= 11 is 5.05. The molecule has 0 aliphatic carbocycles. The van der Waals surface area contributed by atoms with Gasteiger partial charge in [0.1, 0.15) is 17.3 Å². The highest BCUT2D eigenvalue weighted by Gasteiger charge is 2.16. The number of likely N-dealkylation sites (tertiary alicyclic amines) is 1. The second kappa shape index (κ2) is 7.60. The Hall–Kier alpha value is -1.13. The molecule has 1 aromatic rings. The fourth-order valence-corrected chi connectivity index (χ4v) is 2.90. The summed E-state index contributed by atoms with van der Waals surface area (Å²) in [4.78, 5) is 2.92. The van der Waals surface area contributed by atoms with E-state index >= 15 is 0 Å². The molecule has 110 valence electrons. The summed E-state index contributed by atoms with van der Waals surface area (Å²) in [6.45, 7) is 5.15. The SMILES string of the molecule is CC1CCCCCN1CCOc1ccccc1C(N)=S. The van der Waals surface area contributed by atoms with Crippen LogP contribution in [-0.2, 0) is 0 Å². The minimum Gasteiger partial charge on any atom is -0.492 e. The highest BCUT2D eigenvalue weighted by Crippen LogP contribution is 2.19. The number of rotatable bonds is 5. The van der Waals surface area contributed by atoms with Gasteiger partial charge in [0.25, 0.3) is 0 Å². The van der Waals surface area contributed by atoms with Crippen LogP contribution in [0, 0.1) is 0 Å². The quantitative estimate of drug-likeness (QED) is 0.847. The third-order valence-electron chi connectivity index (χ3n) is 3.98. The number of nitrogens with zero attached hydrogens (tertiary/aromatic N) is 1.